The summed E-state index contributed by atoms with van der Waals surface area (Å²) in [6, 6.07) is 16.7. The van der Waals surface area contributed by atoms with Gasteiger partial charge in [0.15, 0.2) is 5.41 Å². The topological polar surface area (TPSA) is 104 Å². The molecule has 7 rings (SSSR count). The first-order valence-electron chi connectivity index (χ1n) is 13.1. The van der Waals surface area contributed by atoms with Gasteiger partial charge in [-0.1, -0.05) is 60.1 Å². The normalized spacial score (nSPS) is 21.8. The molecule has 9 nitrogen and oxygen atoms in total. The number of carbonyl (C=O) groups is 3. The molecule has 0 unspecified atom stereocenters. The Morgan fingerprint density at radius 1 is 1.02 bits per heavy atom. The molecular formula is C30H24ClN5O4. The smallest absolute Gasteiger partial charge is 0.331 e. The summed E-state index contributed by atoms with van der Waals surface area (Å²) in [5, 5.41) is 2.85. The van der Waals surface area contributed by atoms with Gasteiger partial charge in [0.1, 0.15) is 11.5 Å². The highest BCUT2D eigenvalue weighted by atomic mass is 35.5. The van der Waals surface area contributed by atoms with Crippen LogP contribution < -0.4 is 15.8 Å². The number of rotatable bonds is 2. The van der Waals surface area contributed by atoms with Crippen LogP contribution in [-0.4, -0.2) is 38.7 Å². The lowest BCUT2D eigenvalue weighted by molar-refractivity contribution is -0.154. The molecule has 0 bridgehead atoms. The lowest BCUT2D eigenvalue weighted by Crippen LogP contribution is -2.70. The second-order valence-electron chi connectivity index (χ2n) is 10.5. The van der Waals surface area contributed by atoms with Crippen LogP contribution in [0.2, 0.25) is 5.02 Å². The lowest BCUT2D eigenvalue weighted by atomic mass is 9.65. The van der Waals surface area contributed by atoms with Crippen molar-refractivity contribution in [2.75, 3.05) is 11.4 Å². The van der Waals surface area contributed by atoms with E-state index in [0.29, 0.717) is 35.0 Å². The number of pyridine rings is 1. The largest absolute Gasteiger partial charge is 0.347 e. The third-order valence-electron chi connectivity index (χ3n) is 8.38. The van der Waals surface area contributed by atoms with E-state index in [0.717, 1.165) is 21.6 Å². The summed E-state index contributed by atoms with van der Waals surface area (Å²) in [6.45, 7) is 2.22. The lowest BCUT2D eigenvalue weighted by Gasteiger charge is -2.53. The van der Waals surface area contributed by atoms with Crippen LogP contribution in [0.1, 0.15) is 33.9 Å². The van der Waals surface area contributed by atoms with Crippen molar-refractivity contribution in [2.24, 2.45) is 5.41 Å². The molecule has 4 amide bonds. The van der Waals surface area contributed by atoms with Crippen molar-refractivity contribution < 1.29 is 14.4 Å². The van der Waals surface area contributed by atoms with Crippen molar-refractivity contribution in [1.82, 2.24) is 19.6 Å². The molecule has 5 heterocycles. The number of hydrogen-bond acceptors (Lipinski definition) is 6. The van der Waals surface area contributed by atoms with Gasteiger partial charge in [0, 0.05) is 24.2 Å². The van der Waals surface area contributed by atoms with Crippen molar-refractivity contribution >= 4 is 40.9 Å². The maximum Gasteiger partial charge on any atom is 0.331 e. The van der Waals surface area contributed by atoms with E-state index in [4.69, 9.17) is 16.6 Å². The number of halogens is 1. The predicted octanol–water partition coefficient (Wildman–Crippen LogP) is 3.58. The summed E-state index contributed by atoms with van der Waals surface area (Å²) in [4.78, 5) is 63.5. The zero-order valence-electron chi connectivity index (χ0n) is 21.6. The molecule has 1 N–H and O–H groups in total. The Morgan fingerprint density at radius 3 is 2.62 bits per heavy atom. The minimum atomic E-state index is -1.78. The molecule has 0 saturated carbocycles. The molecule has 0 radical (unpaired) electrons. The van der Waals surface area contributed by atoms with Crippen LogP contribution in [0.4, 0.5) is 10.6 Å². The fourth-order valence-corrected chi connectivity index (χ4v) is 6.66. The summed E-state index contributed by atoms with van der Waals surface area (Å²) in [6.07, 6.45) is 2.09. The number of fused-ring (bicyclic) bond motifs is 7. The van der Waals surface area contributed by atoms with Crippen LogP contribution in [-0.2, 0) is 29.0 Å². The number of anilines is 1. The predicted molar refractivity (Wildman–Crippen MR) is 148 cm³/mol. The quantitative estimate of drug-likeness (QED) is 0.381. The molecule has 3 aliphatic rings. The number of hydrogen-bond donors (Lipinski definition) is 1. The van der Waals surface area contributed by atoms with Gasteiger partial charge in [-0.15, -0.1) is 0 Å². The first-order chi connectivity index (χ1) is 19.3. The average molecular weight is 554 g/mol. The van der Waals surface area contributed by atoms with E-state index < -0.39 is 29.3 Å². The first kappa shape index (κ1) is 24.5. The third-order valence-corrected chi connectivity index (χ3v) is 8.75. The maximum atomic E-state index is 14.6. The van der Waals surface area contributed by atoms with Gasteiger partial charge < -0.3 is 4.90 Å². The first-order valence-corrected chi connectivity index (χ1v) is 13.4. The van der Waals surface area contributed by atoms with E-state index in [1.165, 1.54) is 4.40 Å². The Morgan fingerprint density at radius 2 is 1.80 bits per heavy atom. The zero-order valence-corrected chi connectivity index (χ0v) is 22.3. The van der Waals surface area contributed by atoms with Crippen LogP contribution in [0, 0.1) is 12.3 Å². The summed E-state index contributed by atoms with van der Waals surface area (Å²) in [7, 11) is 0. The summed E-state index contributed by atoms with van der Waals surface area (Å²) in [5.41, 5.74) is 1.89. The minimum absolute atomic E-state index is 0.116. The van der Waals surface area contributed by atoms with Gasteiger partial charge in [-0.2, -0.15) is 0 Å². The summed E-state index contributed by atoms with van der Waals surface area (Å²) < 4.78 is 1.46. The molecule has 3 aliphatic heterocycles. The van der Waals surface area contributed by atoms with Crippen molar-refractivity contribution in [3.8, 4) is 0 Å². The van der Waals surface area contributed by atoms with E-state index in [9.17, 15) is 19.2 Å². The van der Waals surface area contributed by atoms with Crippen molar-refractivity contribution in [3.05, 3.63) is 110 Å². The fraction of sp³-hybridized carbons (Fsp3) is 0.233. The minimum Gasteiger partial charge on any atom is -0.347 e. The SMILES string of the molecule is Cc1cccn2c(=O)c3c(nc12)N1CCc2ccccc2[C@@H]1[C@@]1(C3)C(=O)NC(=O)N(Cc2ccccc2Cl)C1=O. The van der Waals surface area contributed by atoms with Crippen molar-refractivity contribution in [3.63, 3.8) is 0 Å². The number of aryl methyl sites for hydroxylation is 1. The van der Waals surface area contributed by atoms with Crippen LogP contribution in [0.25, 0.3) is 5.65 Å². The van der Waals surface area contributed by atoms with E-state index in [1.807, 2.05) is 42.2 Å². The van der Waals surface area contributed by atoms with E-state index in [-0.39, 0.29) is 24.1 Å². The molecule has 40 heavy (non-hydrogen) atoms. The Hall–Kier alpha value is -4.50. The van der Waals surface area contributed by atoms with Gasteiger partial charge in [-0.3, -0.25) is 29.0 Å². The number of benzene rings is 2. The van der Waals surface area contributed by atoms with Gasteiger partial charge in [-0.25, -0.2) is 9.78 Å². The molecule has 2 aromatic heterocycles. The number of barbiturate groups is 1. The number of urea groups is 1. The van der Waals surface area contributed by atoms with Crippen LogP contribution in [0.5, 0.6) is 0 Å². The molecule has 2 aromatic carbocycles. The molecule has 4 aromatic rings. The maximum absolute atomic E-state index is 14.6. The third kappa shape index (κ3) is 3.30. The van der Waals surface area contributed by atoms with E-state index >= 15 is 0 Å². The van der Waals surface area contributed by atoms with Crippen molar-refractivity contribution in [2.45, 2.75) is 32.4 Å². The number of carbonyl (C=O) groups excluding carboxylic acids is 3. The number of amides is 4. The number of nitrogens with zero attached hydrogens (tertiary/aromatic N) is 4. The van der Waals surface area contributed by atoms with Gasteiger partial charge in [0.25, 0.3) is 5.56 Å². The highest BCUT2D eigenvalue weighted by Gasteiger charge is 2.64. The summed E-state index contributed by atoms with van der Waals surface area (Å²) in [5.74, 6) is -0.907. The number of aromatic nitrogens is 2. The Bertz CT molecular complexity index is 1830. The monoisotopic (exact) mass is 553 g/mol. The molecule has 10 heteroatoms. The average Bonchev–Trinajstić information content (AvgIpc) is 2.95. The van der Waals surface area contributed by atoms with Crippen LogP contribution in [0.15, 0.2) is 71.7 Å². The second-order valence-corrected chi connectivity index (χ2v) is 10.9. The zero-order chi connectivity index (χ0) is 27.8. The molecule has 1 spiro atoms. The molecular weight excluding hydrogens is 530 g/mol. The molecule has 1 fully saturated rings. The Balaban J connectivity index is 1.48. The van der Waals surface area contributed by atoms with Gasteiger partial charge in [0.2, 0.25) is 11.8 Å². The van der Waals surface area contributed by atoms with Crippen molar-refractivity contribution in [1.29, 1.82) is 0 Å². The van der Waals surface area contributed by atoms with E-state index in [1.54, 1.807) is 36.5 Å². The standard InChI is InChI=1S/C30H24ClN5O4/c1-17-7-6-13-35-24(17)32-25-21(26(35)37)15-30(23-20-10-4-2-8-18(20)12-14-34(23)25)27(38)33-29(40)36(28(30)39)16-19-9-3-5-11-22(19)31/h2-11,13,23H,12,14-16H2,1H3,(H,33,38,40)/t23-,30+/m1/s1. The molecule has 0 aliphatic carbocycles. The number of nitrogens with one attached hydrogen (secondary N) is 1. The Kier molecular flexibility index (Phi) is 5.37. The van der Waals surface area contributed by atoms with Gasteiger partial charge in [0.05, 0.1) is 18.2 Å². The summed E-state index contributed by atoms with van der Waals surface area (Å²) >= 11 is 6.38. The fourth-order valence-electron chi connectivity index (χ4n) is 6.46. The molecule has 1 saturated heterocycles. The van der Waals surface area contributed by atoms with Gasteiger partial charge >= 0.3 is 6.03 Å². The van der Waals surface area contributed by atoms with Gasteiger partial charge in [-0.05, 0) is 47.7 Å². The highest BCUT2D eigenvalue weighted by molar-refractivity contribution is 6.31. The number of imide groups is 2. The second kappa shape index (κ2) is 8.76. The highest BCUT2D eigenvalue weighted by Crippen LogP contribution is 2.53. The molecule has 2 atom stereocenters. The molecule has 200 valence electrons. The Labute approximate surface area is 234 Å². The van der Waals surface area contributed by atoms with Crippen LogP contribution in [0.3, 0.4) is 0 Å². The van der Waals surface area contributed by atoms with Crippen LogP contribution >= 0.6 is 11.6 Å². The van der Waals surface area contributed by atoms with E-state index in [2.05, 4.69) is 5.32 Å².